The van der Waals surface area contributed by atoms with Crippen LogP contribution in [0.25, 0.3) is 10.8 Å². The zero-order chi connectivity index (χ0) is 15.4. The first-order chi connectivity index (χ1) is 10.8. The maximum absolute atomic E-state index is 12.3. The van der Waals surface area contributed by atoms with Gasteiger partial charge in [-0.2, -0.15) is 5.10 Å². The van der Waals surface area contributed by atoms with Gasteiger partial charge in [-0.05, 0) is 22.9 Å². The maximum atomic E-state index is 12.3. The Hall–Kier alpha value is -2.46. The molecular formula is C18H13BrN2O. The molecule has 4 heteroatoms. The van der Waals surface area contributed by atoms with Crippen LogP contribution < -0.4 is 5.43 Å². The van der Waals surface area contributed by atoms with E-state index in [1.54, 1.807) is 12.3 Å². The summed E-state index contributed by atoms with van der Waals surface area (Å²) in [4.78, 5) is 12.3. The highest BCUT2D eigenvalue weighted by molar-refractivity contribution is 9.10. The molecule has 0 atom stereocenters. The molecule has 1 amide bonds. The minimum absolute atomic E-state index is 0.222. The quantitative estimate of drug-likeness (QED) is 0.552. The lowest BCUT2D eigenvalue weighted by atomic mass is 10.0. The molecule has 0 fully saturated rings. The van der Waals surface area contributed by atoms with Crippen LogP contribution in [0.3, 0.4) is 0 Å². The average Bonchev–Trinajstić information content (AvgIpc) is 2.56. The summed E-state index contributed by atoms with van der Waals surface area (Å²) in [5, 5.41) is 5.98. The van der Waals surface area contributed by atoms with Crippen molar-refractivity contribution in [2.24, 2.45) is 5.10 Å². The standard InChI is InChI=1S/C18H13BrN2O/c19-17-11-4-2-7-14(17)12-20-21-18(22)16-10-5-8-13-6-1-3-9-15(13)16/h1-12H,(H,21,22)/b20-12-. The SMILES string of the molecule is O=C(N/N=C\c1ccccc1Br)c1cccc2ccccc12. The molecule has 0 aliphatic rings. The average molecular weight is 353 g/mol. The fourth-order valence-corrected chi connectivity index (χ4v) is 2.61. The molecule has 108 valence electrons. The van der Waals surface area contributed by atoms with Crippen molar-refractivity contribution in [2.75, 3.05) is 0 Å². The Labute approximate surface area is 136 Å². The van der Waals surface area contributed by atoms with E-state index in [4.69, 9.17) is 0 Å². The van der Waals surface area contributed by atoms with Gasteiger partial charge in [-0.1, -0.05) is 70.5 Å². The number of rotatable bonds is 3. The summed E-state index contributed by atoms with van der Waals surface area (Å²) in [5.41, 5.74) is 4.09. The van der Waals surface area contributed by atoms with Crippen molar-refractivity contribution in [3.05, 3.63) is 82.3 Å². The Balaban J connectivity index is 1.81. The number of carbonyl (C=O) groups is 1. The molecule has 3 nitrogen and oxygen atoms in total. The van der Waals surface area contributed by atoms with Gasteiger partial charge in [0.15, 0.2) is 0 Å². The molecule has 0 saturated carbocycles. The summed E-state index contributed by atoms with van der Waals surface area (Å²) in [7, 11) is 0. The molecule has 0 radical (unpaired) electrons. The third-order valence-corrected chi connectivity index (χ3v) is 4.03. The first-order valence-electron chi connectivity index (χ1n) is 6.81. The van der Waals surface area contributed by atoms with Crippen molar-refractivity contribution < 1.29 is 4.79 Å². The van der Waals surface area contributed by atoms with Gasteiger partial charge >= 0.3 is 0 Å². The third kappa shape index (κ3) is 3.07. The predicted molar refractivity (Wildman–Crippen MR) is 93.2 cm³/mol. The summed E-state index contributed by atoms with van der Waals surface area (Å²) in [6, 6.07) is 21.1. The number of benzene rings is 3. The predicted octanol–water partition coefficient (Wildman–Crippen LogP) is 4.37. The second kappa shape index (κ2) is 6.54. The Morgan fingerprint density at radius 2 is 1.68 bits per heavy atom. The fraction of sp³-hybridized carbons (Fsp3) is 0. The lowest BCUT2D eigenvalue weighted by molar-refractivity contribution is 0.0957. The normalized spacial score (nSPS) is 11.0. The maximum Gasteiger partial charge on any atom is 0.271 e. The van der Waals surface area contributed by atoms with Gasteiger partial charge in [0.05, 0.1) is 6.21 Å². The summed E-state index contributed by atoms with van der Waals surface area (Å²) < 4.78 is 0.929. The van der Waals surface area contributed by atoms with Crippen LogP contribution in [0.2, 0.25) is 0 Å². The Bertz CT molecular complexity index is 853. The van der Waals surface area contributed by atoms with Gasteiger partial charge in [0, 0.05) is 15.6 Å². The zero-order valence-electron chi connectivity index (χ0n) is 11.7. The zero-order valence-corrected chi connectivity index (χ0v) is 13.2. The van der Waals surface area contributed by atoms with Gasteiger partial charge in [-0.3, -0.25) is 4.79 Å². The number of nitrogens with zero attached hydrogens (tertiary/aromatic N) is 1. The van der Waals surface area contributed by atoms with Crippen LogP contribution in [0.1, 0.15) is 15.9 Å². The molecule has 0 heterocycles. The summed E-state index contributed by atoms with van der Waals surface area (Å²) >= 11 is 3.44. The highest BCUT2D eigenvalue weighted by Crippen LogP contribution is 2.18. The van der Waals surface area contributed by atoms with E-state index >= 15 is 0 Å². The van der Waals surface area contributed by atoms with Crippen molar-refractivity contribution in [2.45, 2.75) is 0 Å². The Morgan fingerprint density at radius 1 is 0.955 bits per heavy atom. The minimum Gasteiger partial charge on any atom is -0.267 e. The molecular weight excluding hydrogens is 340 g/mol. The van der Waals surface area contributed by atoms with Gasteiger partial charge in [0.1, 0.15) is 0 Å². The van der Waals surface area contributed by atoms with Crippen molar-refractivity contribution >= 4 is 38.8 Å². The number of fused-ring (bicyclic) bond motifs is 1. The van der Waals surface area contributed by atoms with Gasteiger partial charge in [0.25, 0.3) is 5.91 Å². The highest BCUT2D eigenvalue weighted by atomic mass is 79.9. The van der Waals surface area contributed by atoms with E-state index in [1.807, 2.05) is 60.7 Å². The van der Waals surface area contributed by atoms with Crippen LogP contribution in [0.15, 0.2) is 76.3 Å². The number of amides is 1. The number of halogens is 1. The molecule has 0 unspecified atom stereocenters. The molecule has 3 rings (SSSR count). The second-order valence-electron chi connectivity index (χ2n) is 4.75. The van der Waals surface area contributed by atoms with Crippen LogP contribution in [0.5, 0.6) is 0 Å². The topological polar surface area (TPSA) is 41.5 Å². The number of hydrazone groups is 1. The molecule has 0 aliphatic carbocycles. The fourth-order valence-electron chi connectivity index (χ4n) is 2.22. The molecule has 0 bridgehead atoms. The van der Waals surface area contributed by atoms with E-state index in [-0.39, 0.29) is 5.91 Å². The molecule has 1 N–H and O–H groups in total. The van der Waals surface area contributed by atoms with E-state index in [0.717, 1.165) is 20.8 Å². The molecule has 3 aromatic rings. The minimum atomic E-state index is -0.222. The smallest absolute Gasteiger partial charge is 0.267 e. The number of hydrogen-bond acceptors (Lipinski definition) is 2. The molecule has 0 aliphatic heterocycles. The summed E-state index contributed by atoms with van der Waals surface area (Å²) in [6.07, 6.45) is 1.62. The van der Waals surface area contributed by atoms with Crippen molar-refractivity contribution in [3.8, 4) is 0 Å². The lowest BCUT2D eigenvalue weighted by Gasteiger charge is -2.04. The van der Waals surface area contributed by atoms with E-state index < -0.39 is 0 Å². The number of hydrogen-bond donors (Lipinski definition) is 1. The van der Waals surface area contributed by atoms with Crippen molar-refractivity contribution in [3.63, 3.8) is 0 Å². The van der Waals surface area contributed by atoms with Crippen LogP contribution in [0, 0.1) is 0 Å². The van der Waals surface area contributed by atoms with Crippen LogP contribution in [0.4, 0.5) is 0 Å². The molecule has 0 spiro atoms. The number of nitrogens with one attached hydrogen (secondary N) is 1. The largest absolute Gasteiger partial charge is 0.271 e. The number of carbonyl (C=O) groups excluding carboxylic acids is 1. The van der Waals surface area contributed by atoms with Gasteiger partial charge < -0.3 is 0 Å². The summed E-state index contributed by atoms with van der Waals surface area (Å²) in [5.74, 6) is -0.222. The van der Waals surface area contributed by atoms with E-state index in [0.29, 0.717) is 5.56 Å². The van der Waals surface area contributed by atoms with E-state index in [2.05, 4.69) is 26.5 Å². The third-order valence-electron chi connectivity index (χ3n) is 3.31. The van der Waals surface area contributed by atoms with Gasteiger partial charge in [-0.15, -0.1) is 0 Å². The van der Waals surface area contributed by atoms with Crippen molar-refractivity contribution in [1.29, 1.82) is 0 Å². The molecule has 22 heavy (non-hydrogen) atoms. The van der Waals surface area contributed by atoms with E-state index in [1.165, 1.54) is 0 Å². The lowest BCUT2D eigenvalue weighted by Crippen LogP contribution is -2.17. The van der Waals surface area contributed by atoms with Crippen LogP contribution >= 0.6 is 15.9 Å². The van der Waals surface area contributed by atoms with Crippen LogP contribution in [-0.4, -0.2) is 12.1 Å². The molecule has 0 saturated heterocycles. The molecule has 0 aromatic heterocycles. The van der Waals surface area contributed by atoms with Gasteiger partial charge in [-0.25, -0.2) is 5.43 Å². The van der Waals surface area contributed by atoms with Crippen LogP contribution in [-0.2, 0) is 0 Å². The first kappa shape index (κ1) is 14.5. The monoisotopic (exact) mass is 352 g/mol. The van der Waals surface area contributed by atoms with Gasteiger partial charge in [0.2, 0.25) is 0 Å². The Kier molecular flexibility index (Phi) is 4.30. The van der Waals surface area contributed by atoms with E-state index in [9.17, 15) is 4.79 Å². The van der Waals surface area contributed by atoms with Crippen molar-refractivity contribution in [1.82, 2.24) is 5.43 Å². The second-order valence-corrected chi connectivity index (χ2v) is 5.60. The Morgan fingerprint density at radius 3 is 2.55 bits per heavy atom. The molecule has 3 aromatic carbocycles. The summed E-state index contributed by atoms with van der Waals surface area (Å²) in [6.45, 7) is 0. The highest BCUT2D eigenvalue weighted by Gasteiger charge is 2.08. The first-order valence-corrected chi connectivity index (χ1v) is 7.61.